The summed E-state index contributed by atoms with van der Waals surface area (Å²) in [5, 5.41) is 23.6. The molecule has 2 heterocycles. The van der Waals surface area contributed by atoms with Crippen molar-refractivity contribution in [2.24, 2.45) is 0 Å². The Morgan fingerprint density at radius 1 is 1.12 bits per heavy atom. The zero-order valence-corrected chi connectivity index (χ0v) is 17.4. The maximum Gasteiger partial charge on any atom is 0.339 e. The topological polar surface area (TPSA) is 108 Å². The van der Waals surface area contributed by atoms with Gasteiger partial charge >= 0.3 is 5.97 Å². The maximum atomic E-state index is 13.6. The number of nitrogens with one attached hydrogen (secondary N) is 1. The van der Waals surface area contributed by atoms with Crippen molar-refractivity contribution < 1.29 is 14.3 Å². The van der Waals surface area contributed by atoms with E-state index >= 15 is 0 Å². The summed E-state index contributed by atoms with van der Waals surface area (Å²) in [5.74, 6) is -1.04. The molecule has 2 aromatic carbocycles. The molecule has 162 valence electrons. The number of carbonyl (C=O) groups is 1. The van der Waals surface area contributed by atoms with Gasteiger partial charge in [-0.25, -0.2) is 19.3 Å². The number of tetrazole rings is 1. The molecule has 0 unspecified atom stereocenters. The second-order valence-electron chi connectivity index (χ2n) is 7.24. The van der Waals surface area contributed by atoms with Crippen LogP contribution in [0.25, 0.3) is 22.5 Å². The fourth-order valence-electron chi connectivity index (χ4n) is 3.60. The normalized spacial score (nSPS) is 10.8. The Morgan fingerprint density at radius 3 is 2.53 bits per heavy atom. The van der Waals surface area contributed by atoms with E-state index in [-0.39, 0.29) is 11.4 Å². The molecule has 0 amide bonds. The molecule has 2 N–H and O–H groups in total. The third-order valence-electron chi connectivity index (χ3n) is 5.02. The lowest BCUT2D eigenvalue weighted by Gasteiger charge is -2.25. The van der Waals surface area contributed by atoms with Crippen LogP contribution in [0.2, 0.25) is 0 Å². The lowest BCUT2D eigenvalue weighted by molar-refractivity contribution is 0.0696. The van der Waals surface area contributed by atoms with Crippen molar-refractivity contribution in [3.63, 3.8) is 0 Å². The number of aromatic carboxylic acids is 1. The van der Waals surface area contributed by atoms with E-state index in [0.717, 1.165) is 40.9 Å². The highest BCUT2D eigenvalue weighted by Gasteiger charge is 2.19. The highest BCUT2D eigenvalue weighted by molar-refractivity contribution is 5.93. The number of hydrogen-bond donors (Lipinski definition) is 2. The highest BCUT2D eigenvalue weighted by Crippen LogP contribution is 2.30. The van der Waals surface area contributed by atoms with E-state index in [1.54, 1.807) is 0 Å². The van der Waals surface area contributed by atoms with Gasteiger partial charge in [0, 0.05) is 18.7 Å². The van der Waals surface area contributed by atoms with Gasteiger partial charge in [0.25, 0.3) is 0 Å². The van der Waals surface area contributed by atoms with Crippen LogP contribution in [-0.4, -0.2) is 43.2 Å². The number of aromatic nitrogens is 5. The Hall–Kier alpha value is -4.14. The van der Waals surface area contributed by atoms with Gasteiger partial charge in [-0.3, -0.25) is 0 Å². The van der Waals surface area contributed by atoms with E-state index in [2.05, 4.69) is 25.6 Å². The standard InChI is InChI=1S/C23H21FN6O2/c1-2-11-30(22-20(23(31)32)12-17(24)13-25-22)14-15-7-9-16(10-8-15)18-5-3-4-6-19(18)21-26-28-29-27-21/h3-10,12-13H,2,11,14H2,1H3,(H,31,32)(H,26,27,28,29). The van der Waals surface area contributed by atoms with E-state index < -0.39 is 11.8 Å². The molecule has 0 aliphatic carbocycles. The number of aromatic amines is 1. The number of nitrogens with zero attached hydrogens (tertiary/aromatic N) is 5. The van der Waals surface area contributed by atoms with Gasteiger partial charge in [-0.15, -0.1) is 5.10 Å². The van der Waals surface area contributed by atoms with Crippen LogP contribution in [0, 0.1) is 5.82 Å². The smallest absolute Gasteiger partial charge is 0.339 e. The average molecular weight is 432 g/mol. The van der Waals surface area contributed by atoms with Gasteiger partial charge in [0.2, 0.25) is 0 Å². The second-order valence-corrected chi connectivity index (χ2v) is 7.24. The maximum absolute atomic E-state index is 13.6. The molecule has 0 radical (unpaired) electrons. The summed E-state index contributed by atoms with van der Waals surface area (Å²) in [6.07, 6.45) is 1.83. The molecule has 0 saturated heterocycles. The molecule has 32 heavy (non-hydrogen) atoms. The molecule has 4 aromatic rings. The molecule has 0 fully saturated rings. The van der Waals surface area contributed by atoms with Gasteiger partial charge in [0.1, 0.15) is 17.2 Å². The Bertz CT molecular complexity index is 1210. The quantitative estimate of drug-likeness (QED) is 0.430. The van der Waals surface area contributed by atoms with Crippen molar-refractivity contribution in [3.8, 4) is 22.5 Å². The first-order valence-corrected chi connectivity index (χ1v) is 10.1. The van der Waals surface area contributed by atoms with Crippen LogP contribution in [0.3, 0.4) is 0 Å². The molecular weight excluding hydrogens is 411 g/mol. The SMILES string of the molecule is CCCN(Cc1ccc(-c2ccccc2-c2nnn[nH]2)cc1)c1ncc(F)cc1C(=O)O. The number of rotatable bonds is 8. The lowest BCUT2D eigenvalue weighted by Crippen LogP contribution is -2.26. The molecule has 0 bridgehead atoms. The first-order valence-electron chi connectivity index (χ1n) is 10.1. The summed E-state index contributed by atoms with van der Waals surface area (Å²) in [4.78, 5) is 17.5. The number of carboxylic acid groups (broad SMARTS) is 1. The molecule has 0 aliphatic heterocycles. The van der Waals surface area contributed by atoms with Gasteiger partial charge < -0.3 is 10.0 Å². The number of carboxylic acids is 1. The summed E-state index contributed by atoms with van der Waals surface area (Å²) in [5.41, 5.74) is 3.69. The van der Waals surface area contributed by atoms with E-state index in [1.807, 2.05) is 60.4 Å². The third kappa shape index (κ3) is 4.46. The molecule has 0 spiro atoms. The highest BCUT2D eigenvalue weighted by atomic mass is 19.1. The van der Waals surface area contributed by atoms with Crippen molar-refractivity contribution in [2.75, 3.05) is 11.4 Å². The molecule has 0 atom stereocenters. The predicted octanol–water partition coefficient (Wildman–Crippen LogP) is 4.18. The predicted molar refractivity (Wildman–Crippen MR) is 118 cm³/mol. The average Bonchev–Trinajstić information content (AvgIpc) is 3.34. The molecule has 8 nitrogen and oxygen atoms in total. The fraction of sp³-hybridized carbons (Fsp3) is 0.174. The summed E-state index contributed by atoms with van der Waals surface area (Å²) in [6, 6.07) is 16.8. The van der Waals surface area contributed by atoms with E-state index in [9.17, 15) is 14.3 Å². The second kappa shape index (κ2) is 9.34. The summed E-state index contributed by atoms with van der Waals surface area (Å²) in [7, 11) is 0. The van der Waals surface area contributed by atoms with Crippen molar-refractivity contribution in [2.45, 2.75) is 19.9 Å². The Kier molecular flexibility index (Phi) is 6.16. The molecule has 2 aromatic heterocycles. The first-order chi connectivity index (χ1) is 15.6. The lowest BCUT2D eigenvalue weighted by atomic mass is 9.98. The van der Waals surface area contributed by atoms with Crippen LogP contribution >= 0.6 is 0 Å². The van der Waals surface area contributed by atoms with Crippen molar-refractivity contribution in [1.82, 2.24) is 25.6 Å². The van der Waals surface area contributed by atoms with Crippen LogP contribution in [0.5, 0.6) is 0 Å². The minimum absolute atomic E-state index is 0.148. The van der Waals surface area contributed by atoms with Gasteiger partial charge in [0.05, 0.1) is 6.20 Å². The zero-order valence-electron chi connectivity index (χ0n) is 17.4. The number of hydrogen-bond acceptors (Lipinski definition) is 6. The van der Waals surface area contributed by atoms with Crippen LogP contribution < -0.4 is 4.90 Å². The molecule has 0 aliphatic rings. The van der Waals surface area contributed by atoms with Crippen LogP contribution in [0.4, 0.5) is 10.2 Å². The summed E-state index contributed by atoms with van der Waals surface area (Å²) < 4.78 is 13.6. The largest absolute Gasteiger partial charge is 0.478 e. The number of H-pyrrole nitrogens is 1. The Balaban J connectivity index is 1.62. The molecule has 0 saturated carbocycles. The van der Waals surface area contributed by atoms with Crippen LogP contribution in [0.1, 0.15) is 29.3 Å². The third-order valence-corrected chi connectivity index (χ3v) is 5.02. The van der Waals surface area contributed by atoms with E-state index in [4.69, 9.17) is 0 Å². The molecule has 4 rings (SSSR count). The van der Waals surface area contributed by atoms with E-state index in [0.29, 0.717) is 18.9 Å². The van der Waals surface area contributed by atoms with Crippen LogP contribution in [0.15, 0.2) is 60.8 Å². The van der Waals surface area contributed by atoms with Gasteiger partial charge in [-0.05, 0) is 39.6 Å². The number of benzene rings is 2. The number of halogens is 1. The van der Waals surface area contributed by atoms with Gasteiger partial charge in [-0.1, -0.05) is 55.5 Å². The molecular formula is C23H21FN6O2. The van der Waals surface area contributed by atoms with Crippen LogP contribution in [-0.2, 0) is 6.54 Å². The van der Waals surface area contributed by atoms with Gasteiger partial charge in [0.15, 0.2) is 5.82 Å². The number of pyridine rings is 1. The Morgan fingerprint density at radius 2 is 1.88 bits per heavy atom. The number of anilines is 1. The van der Waals surface area contributed by atoms with E-state index in [1.165, 1.54) is 0 Å². The minimum atomic E-state index is -1.21. The zero-order chi connectivity index (χ0) is 22.5. The Labute approximate surface area is 183 Å². The van der Waals surface area contributed by atoms with Crippen molar-refractivity contribution in [3.05, 3.63) is 77.7 Å². The monoisotopic (exact) mass is 432 g/mol. The summed E-state index contributed by atoms with van der Waals surface area (Å²) in [6.45, 7) is 3.03. The summed E-state index contributed by atoms with van der Waals surface area (Å²) >= 11 is 0. The molecule has 9 heteroatoms. The first kappa shape index (κ1) is 21.1. The van der Waals surface area contributed by atoms with Crippen molar-refractivity contribution in [1.29, 1.82) is 0 Å². The van der Waals surface area contributed by atoms with Crippen molar-refractivity contribution >= 4 is 11.8 Å². The minimum Gasteiger partial charge on any atom is -0.478 e. The van der Waals surface area contributed by atoms with Gasteiger partial charge in [-0.2, -0.15) is 0 Å². The fourth-order valence-corrected chi connectivity index (χ4v) is 3.60.